The fraction of sp³-hybridized carbons (Fsp3) is 0.600. The molecule has 0 bridgehead atoms. The highest BCUT2D eigenvalue weighted by atomic mass is 16.3. The molecule has 1 fully saturated rings. The zero-order chi connectivity index (χ0) is 13.3. The van der Waals surface area contributed by atoms with E-state index in [1.54, 1.807) is 12.1 Å². The lowest BCUT2D eigenvalue weighted by molar-refractivity contribution is -0.0762. The van der Waals surface area contributed by atoms with Crippen LogP contribution in [0.4, 0.5) is 0 Å². The van der Waals surface area contributed by atoms with Gasteiger partial charge in [0.25, 0.3) is 0 Å². The minimum Gasteiger partial charge on any atom is -0.508 e. The van der Waals surface area contributed by atoms with Crippen LogP contribution in [0.2, 0.25) is 0 Å². The quantitative estimate of drug-likeness (QED) is 0.769. The van der Waals surface area contributed by atoms with Crippen molar-refractivity contribution < 1.29 is 10.2 Å². The fourth-order valence-electron chi connectivity index (χ4n) is 2.58. The maximum atomic E-state index is 9.77. The second-order valence-electron chi connectivity index (χ2n) is 5.84. The summed E-state index contributed by atoms with van der Waals surface area (Å²) < 4.78 is 0. The summed E-state index contributed by atoms with van der Waals surface area (Å²) in [6.45, 7) is 6.34. The van der Waals surface area contributed by atoms with Gasteiger partial charge in [0.1, 0.15) is 5.75 Å². The number of aliphatic hydroxyl groups is 1. The second-order valence-corrected chi connectivity index (χ2v) is 5.84. The highest BCUT2D eigenvalue weighted by Gasteiger charge is 2.47. The lowest BCUT2D eigenvalue weighted by atomic mass is 9.64. The Morgan fingerprint density at radius 1 is 1.33 bits per heavy atom. The van der Waals surface area contributed by atoms with E-state index in [-0.39, 0.29) is 17.6 Å². The van der Waals surface area contributed by atoms with Crippen molar-refractivity contribution in [1.82, 2.24) is 5.32 Å². The van der Waals surface area contributed by atoms with Gasteiger partial charge in [0.05, 0.1) is 6.10 Å². The number of aromatic hydroxyl groups is 1. The smallest absolute Gasteiger partial charge is 0.115 e. The first-order chi connectivity index (χ1) is 8.45. The number of hydrogen-bond donors (Lipinski definition) is 3. The largest absolute Gasteiger partial charge is 0.508 e. The molecule has 1 aromatic carbocycles. The predicted octanol–water partition coefficient (Wildman–Crippen LogP) is 2.59. The van der Waals surface area contributed by atoms with Gasteiger partial charge in [-0.05, 0) is 30.5 Å². The molecule has 3 heteroatoms. The van der Waals surface area contributed by atoms with Gasteiger partial charge in [0, 0.05) is 17.5 Å². The molecular formula is C15H23NO2. The van der Waals surface area contributed by atoms with E-state index in [9.17, 15) is 10.2 Å². The topological polar surface area (TPSA) is 52.5 Å². The lowest BCUT2D eigenvalue weighted by Gasteiger charge is -2.51. The van der Waals surface area contributed by atoms with Gasteiger partial charge >= 0.3 is 0 Å². The van der Waals surface area contributed by atoms with Crippen molar-refractivity contribution in [1.29, 1.82) is 0 Å². The number of hydrogen-bond acceptors (Lipinski definition) is 3. The Morgan fingerprint density at radius 3 is 2.39 bits per heavy atom. The molecule has 3 unspecified atom stereocenters. The Labute approximate surface area is 109 Å². The average Bonchev–Trinajstić information content (AvgIpc) is 2.35. The van der Waals surface area contributed by atoms with Gasteiger partial charge in [0.2, 0.25) is 0 Å². The van der Waals surface area contributed by atoms with E-state index >= 15 is 0 Å². The van der Waals surface area contributed by atoms with Crippen LogP contribution in [-0.2, 0) is 0 Å². The van der Waals surface area contributed by atoms with Gasteiger partial charge in [-0.2, -0.15) is 0 Å². The molecule has 1 aliphatic carbocycles. The monoisotopic (exact) mass is 249 g/mol. The van der Waals surface area contributed by atoms with Crippen molar-refractivity contribution in [2.45, 2.75) is 51.8 Å². The number of nitrogens with one attached hydrogen (secondary N) is 1. The van der Waals surface area contributed by atoms with Gasteiger partial charge in [-0.15, -0.1) is 0 Å². The molecule has 0 saturated heterocycles. The van der Waals surface area contributed by atoms with E-state index in [4.69, 9.17) is 0 Å². The standard InChI is InChI=1S/C15H23NO2/c1-4-12(10-5-7-11(17)8-6-10)16-13-9-14(18)15(13,2)3/h5-8,12-14,16-18H,4,9H2,1-3H3. The molecule has 2 rings (SSSR count). The summed E-state index contributed by atoms with van der Waals surface area (Å²) >= 11 is 0. The van der Waals surface area contributed by atoms with Crippen LogP contribution in [0.25, 0.3) is 0 Å². The van der Waals surface area contributed by atoms with Crippen molar-refractivity contribution in [2.24, 2.45) is 5.41 Å². The van der Waals surface area contributed by atoms with Crippen LogP contribution in [-0.4, -0.2) is 22.4 Å². The number of phenols is 1. The van der Waals surface area contributed by atoms with Gasteiger partial charge in [0.15, 0.2) is 0 Å². The number of rotatable bonds is 4. The molecule has 0 heterocycles. The van der Waals surface area contributed by atoms with Crippen molar-refractivity contribution >= 4 is 0 Å². The highest BCUT2D eigenvalue weighted by molar-refractivity contribution is 5.28. The summed E-state index contributed by atoms with van der Waals surface area (Å²) in [5, 5.41) is 22.7. The summed E-state index contributed by atoms with van der Waals surface area (Å²) in [7, 11) is 0. The maximum Gasteiger partial charge on any atom is 0.115 e. The summed E-state index contributed by atoms with van der Waals surface area (Å²) in [6, 6.07) is 7.99. The molecular weight excluding hydrogens is 226 g/mol. The van der Waals surface area contributed by atoms with Crippen molar-refractivity contribution in [2.75, 3.05) is 0 Å². The van der Waals surface area contributed by atoms with Crippen LogP contribution in [0.3, 0.4) is 0 Å². The first-order valence-corrected chi connectivity index (χ1v) is 6.68. The van der Waals surface area contributed by atoms with Crippen LogP contribution in [0, 0.1) is 5.41 Å². The molecule has 3 N–H and O–H groups in total. The minimum absolute atomic E-state index is 0.0513. The molecule has 3 atom stereocenters. The van der Waals surface area contributed by atoms with Crippen molar-refractivity contribution in [3.63, 3.8) is 0 Å². The molecule has 100 valence electrons. The van der Waals surface area contributed by atoms with E-state index in [1.165, 1.54) is 5.56 Å². The first kappa shape index (κ1) is 13.4. The molecule has 0 aliphatic heterocycles. The van der Waals surface area contributed by atoms with E-state index in [2.05, 4.69) is 26.1 Å². The molecule has 0 radical (unpaired) electrons. The SMILES string of the molecule is CCC(NC1CC(O)C1(C)C)c1ccc(O)cc1. The number of benzene rings is 1. The van der Waals surface area contributed by atoms with Crippen molar-refractivity contribution in [3.8, 4) is 5.75 Å². The van der Waals surface area contributed by atoms with Gasteiger partial charge in [-0.1, -0.05) is 32.9 Å². The highest BCUT2D eigenvalue weighted by Crippen LogP contribution is 2.41. The van der Waals surface area contributed by atoms with Crippen LogP contribution in [0.5, 0.6) is 5.75 Å². The Morgan fingerprint density at radius 2 is 1.94 bits per heavy atom. The lowest BCUT2D eigenvalue weighted by Crippen LogP contribution is -2.60. The third-order valence-corrected chi connectivity index (χ3v) is 4.32. The number of aliphatic hydroxyl groups excluding tert-OH is 1. The zero-order valence-corrected chi connectivity index (χ0v) is 11.4. The summed E-state index contributed by atoms with van der Waals surface area (Å²) in [5.41, 5.74) is 1.14. The third-order valence-electron chi connectivity index (χ3n) is 4.32. The fourth-order valence-corrected chi connectivity index (χ4v) is 2.58. The Balaban J connectivity index is 2.04. The van der Waals surface area contributed by atoms with Crippen LogP contribution in [0.1, 0.15) is 45.2 Å². The molecule has 3 nitrogen and oxygen atoms in total. The van der Waals surface area contributed by atoms with Crippen LogP contribution in [0.15, 0.2) is 24.3 Å². The minimum atomic E-state index is -0.202. The van der Waals surface area contributed by atoms with Crippen LogP contribution < -0.4 is 5.32 Å². The average molecular weight is 249 g/mol. The molecule has 1 aromatic rings. The molecule has 1 saturated carbocycles. The van der Waals surface area contributed by atoms with Crippen LogP contribution >= 0.6 is 0 Å². The normalized spacial score (nSPS) is 27.6. The predicted molar refractivity (Wildman–Crippen MR) is 72.5 cm³/mol. The zero-order valence-electron chi connectivity index (χ0n) is 11.4. The molecule has 0 amide bonds. The van der Waals surface area contributed by atoms with E-state index in [1.807, 2.05) is 12.1 Å². The summed E-state index contributed by atoms with van der Waals surface area (Å²) in [5.74, 6) is 0.299. The Kier molecular flexibility index (Phi) is 3.64. The molecule has 0 spiro atoms. The number of phenolic OH excluding ortho intramolecular Hbond substituents is 1. The molecule has 1 aliphatic rings. The van der Waals surface area contributed by atoms with Crippen molar-refractivity contribution in [3.05, 3.63) is 29.8 Å². The maximum absolute atomic E-state index is 9.77. The molecule has 18 heavy (non-hydrogen) atoms. The van der Waals surface area contributed by atoms with Gasteiger partial charge < -0.3 is 15.5 Å². The van der Waals surface area contributed by atoms with E-state index < -0.39 is 0 Å². The third kappa shape index (κ3) is 2.38. The second kappa shape index (κ2) is 4.90. The van der Waals surface area contributed by atoms with E-state index in [0.29, 0.717) is 11.8 Å². The van der Waals surface area contributed by atoms with Gasteiger partial charge in [-0.25, -0.2) is 0 Å². The van der Waals surface area contributed by atoms with E-state index in [0.717, 1.165) is 12.8 Å². The van der Waals surface area contributed by atoms with Gasteiger partial charge in [-0.3, -0.25) is 0 Å². The summed E-state index contributed by atoms with van der Waals surface area (Å²) in [4.78, 5) is 0. The Hall–Kier alpha value is -1.06. The first-order valence-electron chi connectivity index (χ1n) is 6.68. The summed E-state index contributed by atoms with van der Waals surface area (Å²) in [6.07, 6.45) is 1.61. The molecule has 0 aromatic heterocycles. The Bertz CT molecular complexity index is 399.